The highest BCUT2D eigenvalue weighted by molar-refractivity contribution is 7.92. The van der Waals surface area contributed by atoms with Gasteiger partial charge in [0.25, 0.3) is 0 Å². The van der Waals surface area contributed by atoms with Crippen molar-refractivity contribution in [2.24, 2.45) is 0 Å². The van der Waals surface area contributed by atoms with E-state index < -0.39 is 15.9 Å². The first-order valence-corrected chi connectivity index (χ1v) is 11.3. The molecule has 1 N–H and O–H groups in total. The second kappa shape index (κ2) is 8.31. The summed E-state index contributed by atoms with van der Waals surface area (Å²) in [6.45, 7) is 0.911. The Morgan fingerprint density at radius 1 is 1.03 bits per heavy atom. The number of hydrogen-bond donors (Lipinski definition) is 1. The maximum atomic E-state index is 12.5. The number of benzene rings is 2. The zero-order valence-electron chi connectivity index (χ0n) is 16.4. The average molecular weight is 434 g/mol. The molecule has 30 heavy (non-hydrogen) atoms. The summed E-state index contributed by atoms with van der Waals surface area (Å²) < 4.78 is 48.0. The lowest BCUT2D eigenvalue weighted by atomic mass is 10.2. The average Bonchev–Trinajstić information content (AvgIpc) is 2.75. The predicted octanol–water partition coefficient (Wildman–Crippen LogP) is 1.18. The summed E-state index contributed by atoms with van der Waals surface area (Å²) in [6, 6.07) is 12.0. The topological polar surface area (TPSA) is 103 Å². The maximum absolute atomic E-state index is 12.5. The van der Waals surface area contributed by atoms with E-state index in [1.807, 2.05) is 18.2 Å². The van der Waals surface area contributed by atoms with Crippen molar-refractivity contribution in [1.82, 2.24) is 5.32 Å². The molecule has 1 atom stereocenters. The zero-order chi connectivity index (χ0) is 21.1. The van der Waals surface area contributed by atoms with Gasteiger partial charge in [-0.15, -0.1) is 0 Å². The lowest BCUT2D eigenvalue weighted by molar-refractivity contribution is -0.120. The number of ether oxygens (including phenoxy) is 4. The summed E-state index contributed by atoms with van der Waals surface area (Å²) >= 11 is 0. The van der Waals surface area contributed by atoms with Gasteiger partial charge in [0.1, 0.15) is 32.5 Å². The number of rotatable bonds is 6. The van der Waals surface area contributed by atoms with Crippen LogP contribution < -0.4 is 28.6 Å². The van der Waals surface area contributed by atoms with Crippen molar-refractivity contribution < 1.29 is 32.2 Å². The van der Waals surface area contributed by atoms with E-state index in [1.165, 1.54) is 0 Å². The molecule has 0 radical (unpaired) electrons. The molecule has 2 aromatic carbocycles. The molecule has 1 amide bonds. The van der Waals surface area contributed by atoms with E-state index in [1.54, 1.807) is 24.3 Å². The van der Waals surface area contributed by atoms with Crippen LogP contribution in [0.2, 0.25) is 0 Å². The minimum Gasteiger partial charge on any atom is -0.486 e. The fraction of sp³-hybridized carbons (Fsp3) is 0.350. The number of carbonyl (C=O) groups is 1. The highest BCUT2D eigenvalue weighted by Gasteiger charge is 2.25. The number of sulfonamides is 1. The Morgan fingerprint density at radius 2 is 1.73 bits per heavy atom. The van der Waals surface area contributed by atoms with E-state index in [4.69, 9.17) is 18.9 Å². The minimum absolute atomic E-state index is 0.186. The van der Waals surface area contributed by atoms with Gasteiger partial charge in [-0.2, -0.15) is 0 Å². The fourth-order valence-electron chi connectivity index (χ4n) is 3.16. The van der Waals surface area contributed by atoms with Crippen LogP contribution in [0.15, 0.2) is 42.5 Å². The van der Waals surface area contributed by atoms with Crippen LogP contribution in [0.4, 0.5) is 5.69 Å². The second-order valence-corrected chi connectivity index (χ2v) is 8.81. The molecule has 2 heterocycles. The standard InChI is InChI=1S/C20H22N2O7S/c1-30(24,25)22(14-6-7-17-19(10-14)27-9-8-26-17)12-20(23)21-11-15-13-28-16-4-2-3-5-18(16)29-15/h2-7,10,15H,8-9,11-13H2,1H3,(H,21,23)/t15-/m0/s1. The molecule has 0 saturated heterocycles. The van der Waals surface area contributed by atoms with E-state index in [0.29, 0.717) is 41.9 Å². The molecule has 2 aliphatic heterocycles. The van der Waals surface area contributed by atoms with Gasteiger partial charge in [0.2, 0.25) is 15.9 Å². The third kappa shape index (κ3) is 4.54. The Kier molecular flexibility index (Phi) is 5.58. The van der Waals surface area contributed by atoms with Crippen molar-refractivity contribution in [2.75, 3.05) is 43.5 Å². The molecule has 0 aromatic heterocycles. The number of nitrogens with zero attached hydrogens (tertiary/aromatic N) is 1. The van der Waals surface area contributed by atoms with Crippen molar-refractivity contribution in [2.45, 2.75) is 6.10 Å². The molecule has 0 bridgehead atoms. The summed E-state index contributed by atoms with van der Waals surface area (Å²) in [4.78, 5) is 12.5. The summed E-state index contributed by atoms with van der Waals surface area (Å²) in [5.74, 6) is 1.79. The molecule has 0 spiro atoms. The van der Waals surface area contributed by atoms with Crippen molar-refractivity contribution in [3.8, 4) is 23.0 Å². The van der Waals surface area contributed by atoms with E-state index >= 15 is 0 Å². The van der Waals surface area contributed by atoms with Crippen LogP contribution in [-0.4, -0.2) is 59.6 Å². The number of para-hydroxylation sites is 2. The summed E-state index contributed by atoms with van der Waals surface area (Å²) in [5.41, 5.74) is 0.322. The number of nitrogens with one attached hydrogen (secondary N) is 1. The fourth-order valence-corrected chi connectivity index (χ4v) is 4.01. The smallest absolute Gasteiger partial charge is 0.240 e. The van der Waals surface area contributed by atoms with Gasteiger partial charge in [-0.05, 0) is 24.3 Å². The third-order valence-corrected chi connectivity index (χ3v) is 5.74. The first-order chi connectivity index (χ1) is 14.4. The van der Waals surface area contributed by atoms with E-state index in [0.717, 1.165) is 10.6 Å². The molecule has 9 nitrogen and oxygen atoms in total. The van der Waals surface area contributed by atoms with Crippen molar-refractivity contribution >= 4 is 21.6 Å². The maximum Gasteiger partial charge on any atom is 0.240 e. The molecule has 0 fully saturated rings. The Bertz CT molecular complexity index is 1040. The summed E-state index contributed by atoms with van der Waals surface area (Å²) in [7, 11) is -3.70. The van der Waals surface area contributed by atoms with Gasteiger partial charge in [0.15, 0.2) is 23.0 Å². The van der Waals surface area contributed by atoms with Crippen LogP contribution in [0.3, 0.4) is 0 Å². The number of hydrogen-bond acceptors (Lipinski definition) is 7. The lowest BCUT2D eigenvalue weighted by Gasteiger charge is -2.27. The van der Waals surface area contributed by atoms with Crippen molar-refractivity contribution in [1.29, 1.82) is 0 Å². The molecule has 160 valence electrons. The van der Waals surface area contributed by atoms with Crippen molar-refractivity contribution in [3.05, 3.63) is 42.5 Å². The van der Waals surface area contributed by atoms with Gasteiger partial charge in [-0.3, -0.25) is 9.10 Å². The lowest BCUT2D eigenvalue weighted by Crippen LogP contribution is -2.45. The first kappa shape index (κ1) is 20.1. The molecule has 4 rings (SSSR count). The Morgan fingerprint density at radius 3 is 2.50 bits per heavy atom. The van der Waals surface area contributed by atoms with Crippen LogP contribution >= 0.6 is 0 Å². The molecule has 0 saturated carbocycles. The normalized spacial score (nSPS) is 17.2. The highest BCUT2D eigenvalue weighted by Crippen LogP contribution is 2.34. The van der Waals surface area contributed by atoms with E-state index in [9.17, 15) is 13.2 Å². The highest BCUT2D eigenvalue weighted by atomic mass is 32.2. The molecule has 10 heteroatoms. The van der Waals surface area contributed by atoms with E-state index in [-0.39, 0.29) is 25.8 Å². The largest absolute Gasteiger partial charge is 0.486 e. The van der Waals surface area contributed by atoms with Gasteiger partial charge < -0.3 is 24.3 Å². The molecule has 0 unspecified atom stereocenters. The summed E-state index contributed by atoms with van der Waals surface area (Å²) in [5, 5.41) is 2.71. The SMILES string of the molecule is CS(=O)(=O)N(CC(=O)NC[C@H]1COc2ccccc2O1)c1ccc2c(c1)OCCO2. The number of carbonyl (C=O) groups excluding carboxylic acids is 1. The first-order valence-electron chi connectivity index (χ1n) is 9.43. The molecular formula is C20H22N2O7S. The van der Waals surface area contributed by atoms with E-state index in [2.05, 4.69) is 5.32 Å². The second-order valence-electron chi connectivity index (χ2n) is 6.90. The van der Waals surface area contributed by atoms with Crippen LogP contribution in [0.5, 0.6) is 23.0 Å². The van der Waals surface area contributed by atoms with Gasteiger partial charge in [0.05, 0.1) is 18.5 Å². The van der Waals surface area contributed by atoms with Gasteiger partial charge >= 0.3 is 0 Å². The number of amides is 1. The zero-order valence-corrected chi connectivity index (χ0v) is 17.2. The quantitative estimate of drug-likeness (QED) is 0.728. The predicted molar refractivity (Wildman–Crippen MR) is 109 cm³/mol. The molecular weight excluding hydrogens is 412 g/mol. The van der Waals surface area contributed by atoms with Crippen LogP contribution in [0, 0.1) is 0 Å². The Balaban J connectivity index is 1.40. The van der Waals surface area contributed by atoms with Crippen LogP contribution in [-0.2, 0) is 14.8 Å². The number of anilines is 1. The Labute approximate surface area is 174 Å². The third-order valence-electron chi connectivity index (χ3n) is 4.60. The monoisotopic (exact) mass is 434 g/mol. The minimum atomic E-state index is -3.70. The molecule has 0 aliphatic carbocycles. The van der Waals surface area contributed by atoms with Gasteiger partial charge in [-0.1, -0.05) is 12.1 Å². The Hall–Kier alpha value is -3.14. The summed E-state index contributed by atoms with van der Waals surface area (Å²) in [6.07, 6.45) is 0.677. The van der Waals surface area contributed by atoms with Gasteiger partial charge in [0, 0.05) is 6.07 Å². The molecule has 2 aromatic rings. The van der Waals surface area contributed by atoms with Crippen LogP contribution in [0.25, 0.3) is 0 Å². The number of fused-ring (bicyclic) bond motifs is 2. The van der Waals surface area contributed by atoms with Gasteiger partial charge in [-0.25, -0.2) is 8.42 Å². The van der Waals surface area contributed by atoms with Crippen LogP contribution in [0.1, 0.15) is 0 Å². The molecule has 2 aliphatic rings. The van der Waals surface area contributed by atoms with Crippen molar-refractivity contribution in [3.63, 3.8) is 0 Å².